The van der Waals surface area contributed by atoms with E-state index in [1.165, 1.54) is 0 Å². The van der Waals surface area contributed by atoms with Crippen molar-refractivity contribution in [1.82, 2.24) is 9.78 Å². The number of nitrogens with two attached hydrogens (primary N) is 1. The topological polar surface area (TPSA) is 53.1 Å². The molecule has 0 fully saturated rings. The van der Waals surface area contributed by atoms with Crippen molar-refractivity contribution in [2.75, 3.05) is 0 Å². The van der Waals surface area contributed by atoms with Crippen LogP contribution < -0.4 is 10.5 Å². The van der Waals surface area contributed by atoms with Crippen LogP contribution in [0.25, 0.3) is 0 Å². The van der Waals surface area contributed by atoms with Crippen LogP contribution in [0.5, 0.6) is 5.75 Å². The quantitative estimate of drug-likeness (QED) is 0.921. The molecule has 2 N–H and O–H groups in total. The molecule has 1 atom stereocenters. The molecule has 4 nitrogen and oxygen atoms in total. The minimum atomic E-state index is -0.0364. The number of rotatable bonds is 5. The Bertz CT molecular complexity index is 593. The fourth-order valence-corrected chi connectivity index (χ4v) is 2.19. The van der Waals surface area contributed by atoms with E-state index in [0.717, 1.165) is 23.4 Å². The SMILES string of the molecule is CCc1cc(COc2ccc([C@H](C)N)cc2Cl)n(C)n1. The third-order valence-corrected chi connectivity index (χ3v) is 3.54. The average molecular weight is 294 g/mol. The molecule has 108 valence electrons. The zero-order chi connectivity index (χ0) is 14.7. The van der Waals surface area contributed by atoms with Gasteiger partial charge in [-0.05, 0) is 37.1 Å². The second-order valence-corrected chi connectivity index (χ2v) is 5.28. The van der Waals surface area contributed by atoms with Crippen LogP contribution in [0.1, 0.15) is 36.8 Å². The van der Waals surface area contributed by atoms with Gasteiger partial charge in [-0.25, -0.2) is 0 Å². The number of benzene rings is 1. The van der Waals surface area contributed by atoms with Gasteiger partial charge < -0.3 is 10.5 Å². The van der Waals surface area contributed by atoms with Crippen LogP contribution in [0.15, 0.2) is 24.3 Å². The minimum Gasteiger partial charge on any atom is -0.486 e. The normalized spacial score (nSPS) is 12.4. The molecule has 0 saturated heterocycles. The van der Waals surface area contributed by atoms with Gasteiger partial charge in [-0.2, -0.15) is 5.10 Å². The molecule has 5 heteroatoms. The Kier molecular flexibility index (Phi) is 4.68. The Morgan fingerprint density at radius 3 is 2.70 bits per heavy atom. The molecule has 0 amide bonds. The van der Waals surface area contributed by atoms with Crippen LogP contribution >= 0.6 is 11.6 Å². The van der Waals surface area contributed by atoms with Crippen LogP contribution in [-0.2, 0) is 20.1 Å². The van der Waals surface area contributed by atoms with Gasteiger partial charge in [0.1, 0.15) is 12.4 Å². The van der Waals surface area contributed by atoms with Gasteiger partial charge in [-0.3, -0.25) is 4.68 Å². The molecule has 20 heavy (non-hydrogen) atoms. The lowest BCUT2D eigenvalue weighted by Crippen LogP contribution is -2.06. The fourth-order valence-electron chi connectivity index (χ4n) is 1.95. The maximum atomic E-state index is 6.21. The summed E-state index contributed by atoms with van der Waals surface area (Å²) in [5.41, 5.74) is 8.90. The summed E-state index contributed by atoms with van der Waals surface area (Å²) in [5.74, 6) is 0.662. The lowest BCUT2D eigenvalue weighted by Gasteiger charge is -2.11. The fraction of sp³-hybridized carbons (Fsp3) is 0.400. The first kappa shape index (κ1) is 14.9. The zero-order valence-corrected chi connectivity index (χ0v) is 12.8. The van der Waals surface area contributed by atoms with Crippen LogP contribution in [0, 0.1) is 0 Å². The van der Waals surface area contributed by atoms with E-state index in [0.29, 0.717) is 17.4 Å². The molecule has 0 aliphatic heterocycles. The molecule has 0 aliphatic rings. The Hall–Kier alpha value is -1.52. The van der Waals surface area contributed by atoms with Gasteiger partial charge >= 0.3 is 0 Å². The summed E-state index contributed by atoms with van der Waals surface area (Å²) < 4.78 is 7.60. The van der Waals surface area contributed by atoms with E-state index in [-0.39, 0.29) is 6.04 Å². The summed E-state index contributed by atoms with van der Waals surface area (Å²) in [6, 6.07) is 7.66. The first-order valence-electron chi connectivity index (χ1n) is 6.71. The van der Waals surface area contributed by atoms with Gasteiger partial charge in [0.15, 0.2) is 0 Å². The number of halogens is 1. The molecular weight excluding hydrogens is 274 g/mol. The second kappa shape index (κ2) is 6.29. The number of aromatic nitrogens is 2. The molecule has 2 aromatic rings. The molecular formula is C15H20ClN3O. The molecule has 2 rings (SSSR count). The van der Waals surface area contributed by atoms with Crippen molar-refractivity contribution in [3.05, 3.63) is 46.2 Å². The summed E-state index contributed by atoms with van der Waals surface area (Å²) in [4.78, 5) is 0. The van der Waals surface area contributed by atoms with Crippen LogP contribution in [-0.4, -0.2) is 9.78 Å². The lowest BCUT2D eigenvalue weighted by molar-refractivity contribution is 0.295. The van der Waals surface area contributed by atoms with Gasteiger partial charge in [-0.15, -0.1) is 0 Å². The third kappa shape index (κ3) is 3.32. The first-order chi connectivity index (χ1) is 9.51. The summed E-state index contributed by atoms with van der Waals surface area (Å²) in [5, 5.41) is 4.97. The number of hydrogen-bond acceptors (Lipinski definition) is 3. The summed E-state index contributed by atoms with van der Waals surface area (Å²) in [7, 11) is 1.92. The molecule has 1 aromatic carbocycles. The second-order valence-electron chi connectivity index (χ2n) is 4.87. The molecule has 0 bridgehead atoms. The summed E-state index contributed by atoms with van der Waals surface area (Å²) >= 11 is 6.21. The minimum absolute atomic E-state index is 0.0364. The van der Waals surface area contributed by atoms with E-state index in [1.54, 1.807) is 0 Å². The molecule has 0 aliphatic carbocycles. The molecule has 0 spiro atoms. The highest BCUT2D eigenvalue weighted by Gasteiger charge is 2.08. The van der Waals surface area contributed by atoms with E-state index < -0.39 is 0 Å². The maximum Gasteiger partial charge on any atom is 0.138 e. The van der Waals surface area contributed by atoms with E-state index in [9.17, 15) is 0 Å². The smallest absolute Gasteiger partial charge is 0.138 e. The largest absolute Gasteiger partial charge is 0.486 e. The van der Waals surface area contributed by atoms with Crippen molar-refractivity contribution < 1.29 is 4.74 Å². The average Bonchev–Trinajstić information content (AvgIpc) is 2.78. The number of aryl methyl sites for hydroxylation is 2. The highest BCUT2D eigenvalue weighted by atomic mass is 35.5. The molecule has 1 heterocycles. The predicted molar refractivity (Wildman–Crippen MR) is 81.0 cm³/mol. The van der Waals surface area contributed by atoms with Gasteiger partial charge in [0.25, 0.3) is 0 Å². The van der Waals surface area contributed by atoms with Crippen LogP contribution in [0.3, 0.4) is 0 Å². The van der Waals surface area contributed by atoms with E-state index >= 15 is 0 Å². The van der Waals surface area contributed by atoms with Crippen molar-refractivity contribution in [3.8, 4) is 5.75 Å². The number of nitrogens with zero attached hydrogens (tertiary/aromatic N) is 2. The number of hydrogen-bond donors (Lipinski definition) is 1. The lowest BCUT2D eigenvalue weighted by atomic mass is 10.1. The Balaban J connectivity index is 2.08. The van der Waals surface area contributed by atoms with Gasteiger partial charge in [0, 0.05) is 13.1 Å². The Labute approximate surface area is 124 Å². The van der Waals surface area contributed by atoms with Crippen molar-refractivity contribution in [2.45, 2.75) is 32.9 Å². The predicted octanol–water partition coefficient (Wildman–Crippen LogP) is 3.23. The van der Waals surface area contributed by atoms with Crippen LogP contribution in [0.2, 0.25) is 5.02 Å². The standard InChI is InChI=1S/C15H20ClN3O/c1-4-12-8-13(19(3)18-12)9-20-15-6-5-11(10(2)17)7-14(15)16/h5-8,10H,4,9,17H2,1-3H3/t10-/m0/s1. The van der Waals surface area contributed by atoms with Gasteiger partial charge in [0.05, 0.1) is 16.4 Å². The first-order valence-corrected chi connectivity index (χ1v) is 7.08. The van der Waals surface area contributed by atoms with E-state index in [2.05, 4.69) is 12.0 Å². The molecule has 0 saturated carbocycles. The van der Waals surface area contributed by atoms with Crippen molar-refractivity contribution in [3.63, 3.8) is 0 Å². The van der Waals surface area contributed by atoms with Crippen molar-refractivity contribution in [1.29, 1.82) is 0 Å². The zero-order valence-electron chi connectivity index (χ0n) is 12.1. The molecule has 0 radical (unpaired) electrons. The number of ether oxygens (including phenoxy) is 1. The summed E-state index contributed by atoms with van der Waals surface area (Å²) in [6.07, 6.45) is 0.914. The monoisotopic (exact) mass is 293 g/mol. The highest BCUT2D eigenvalue weighted by Crippen LogP contribution is 2.28. The summed E-state index contributed by atoms with van der Waals surface area (Å²) in [6.45, 7) is 4.45. The van der Waals surface area contributed by atoms with Crippen molar-refractivity contribution >= 4 is 11.6 Å². The Morgan fingerprint density at radius 1 is 1.40 bits per heavy atom. The Morgan fingerprint density at radius 2 is 2.15 bits per heavy atom. The van der Waals surface area contributed by atoms with Gasteiger partial charge in [-0.1, -0.05) is 24.6 Å². The highest BCUT2D eigenvalue weighted by molar-refractivity contribution is 6.32. The van der Waals surface area contributed by atoms with Crippen LogP contribution in [0.4, 0.5) is 0 Å². The third-order valence-electron chi connectivity index (χ3n) is 3.25. The van der Waals surface area contributed by atoms with E-state index in [1.807, 2.05) is 42.9 Å². The molecule has 1 aromatic heterocycles. The van der Waals surface area contributed by atoms with Crippen molar-refractivity contribution in [2.24, 2.45) is 12.8 Å². The molecule has 0 unspecified atom stereocenters. The maximum absolute atomic E-state index is 6.21. The van der Waals surface area contributed by atoms with E-state index in [4.69, 9.17) is 22.1 Å². The van der Waals surface area contributed by atoms with Gasteiger partial charge in [0.2, 0.25) is 0 Å².